The van der Waals surface area contributed by atoms with E-state index in [0.717, 1.165) is 10.7 Å². The topological polar surface area (TPSA) is 17.8 Å². The Morgan fingerprint density at radius 1 is 1.17 bits per heavy atom. The van der Waals surface area contributed by atoms with Crippen LogP contribution in [0, 0.1) is 0 Å². The van der Waals surface area contributed by atoms with E-state index in [-0.39, 0.29) is 11.6 Å². The highest BCUT2D eigenvalue weighted by Crippen LogP contribution is 2.30. The van der Waals surface area contributed by atoms with Crippen LogP contribution in [-0.2, 0) is 12.1 Å². The molecule has 0 radical (unpaired) electrons. The zero-order valence-corrected chi connectivity index (χ0v) is 10.4. The van der Waals surface area contributed by atoms with Gasteiger partial charge in [-0.05, 0) is 30.3 Å². The molecule has 0 saturated heterocycles. The Bertz CT molecular complexity index is 546. The van der Waals surface area contributed by atoms with Crippen LogP contribution < -0.4 is 0 Å². The number of nitrogens with zero attached hydrogens (tertiary/aromatic N) is 2. The fraction of sp³-hybridized carbons (Fsp3) is 0.182. The summed E-state index contributed by atoms with van der Waals surface area (Å²) in [4.78, 5) is 0. The van der Waals surface area contributed by atoms with Gasteiger partial charge in [-0.2, -0.15) is 18.3 Å². The molecule has 0 saturated carbocycles. The SMILES string of the molecule is FC(F)(F)c1cc(CCl)n(-c2ccc(Cl)cc2)n1. The number of hydrogen-bond donors (Lipinski definition) is 0. The van der Waals surface area contributed by atoms with Gasteiger partial charge >= 0.3 is 6.18 Å². The van der Waals surface area contributed by atoms with Crippen LogP contribution in [0.3, 0.4) is 0 Å². The molecule has 2 aromatic rings. The maximum absolute atomic E-state index is 12.6. The first-order valence-corrected chi connectivity index (χ1v) is 5.81. The predicted octanol–water partition coefficient (Wildman–Crippen LogP) is 4.28. The van der Waals surface area contributed by atoms with Gasteiger partial charge in [0.05, 0.1) is 17.3 Å². The summed E-state index contributed by atoms with van der Waals surface area (Å²) >= 11 is 11.3. The Balaban J connectivity index is 2.50. The molecule has 96 valence electrons. The third kappa shape index (κ3) is 2.62. The molecule has 1 aromatic heterocycles. The van der Waals surface area contributed by atoms with Gasteiger partial charge < -0.3 is 0 Å². The lowest BCUT2D eigenvalue weighted by Crippen LogP contribution is -2.07. The molecule has 0 aliphatic carbocycles. The minimum atomic E-state index is -4.49. The van der Waals surface area contributed by atoms with Gasteiger partial charge in [0.2, 0.25) is 0 Å². The summed E-state index contributed by atoms with van der Waals surface area (Å²) in [5.74, 6) is -0.0638. The lowest BCUT2D eigenvalue weighted by Gasteiger charge is -2.05. The van der Waals surface area contributed by atoms with Crippen LogP contribution in [0.4, 0.5) is 13.2 Å². The molecule has 0 N–H and O–H groups in total. The van der Waals surface area contributed by atoms with Crippen LogP contribution in [0.5, 0.6) is 0 Å². The molecule has 0 unspecified atom stereocenters. The van der Waals surface area contributed by atoms with E-state index in [0.29, 0.717) is 10.7 Å². The lowest BCUT2D eigenvalue weighted by molar-refractivity contribution is -0.141. The standard InChI is InChI=1S/C11H7Cl2F3N2/c12-6-9-5-10(11(14,15)16)17-18(9)8-3-1-7(13)2-4-8/h1-5H,6H2. The molecule has 1 aromatic carbocycles. The highest BCUT2D eigenvalue weighted by Gasteiger charge is 2.34. The van der Waals surface area contributed by atoms with E-state index in [9.17, 15) is 13.2 Å². The van der Waals surface area contributed by atoms with E-state index in [1.54, 1.807) is 24.3 Å². The number of alkyl halides is 4. The van der Waals surface area contributed by atoms with Gasteiger partial charge in [0.15, 0.2) is 5.69 Å². The zero-order chi connectivity index (χ0) is 13.3. The van der Waals surface area contributed by atoms with E-state index in [1.807, 2.05) is 0 Å². The Hall–Kier alpha value is -1.20. The first kappa shape index (κ1) is 13.2. The summed E-state index contributed by atoms with van der Waals surface area (Å²) in [5, 5.41) is 4.01. The summed E-state index contributed by atoms with van der Waals surface area (Å²) in [5.41, 5.74) is -0.218. The summed E-state index contributed by atoms with van der Waals surface area (Å²) in [6, 6.07) is 7.23. The molecular weight excluding hydrogens is 288 g/mol. The van der Waals surface area contributed by atoms with Gasteiger partial charge in [-0.25, -0.2) is 4.68 Å². The largest absolute Gasteiger partial charge is 0.435 e. The van der Waals surface area contributed by atoms with Crippen molar-refractivity contribution in [2.24, 2.45) is 0 Å². The maximum atomic E-state index is 12.6. The molecule has 0 aliphatic rings. The van der Waals surface area contributed by atoms with Gasteiger partial charge in [-0.1, -0.05) is 11.6 Å². The molecule has 0 atom stereocenters. The average molecular weight is 295 g/mol. The number of benzene rings is 1. The number of hydrogen-bond acceptors (Lipinski definition) is 1. The molecule has 0 aliphatic heterocycles. The summed E-state index contributed by atoms with van der Waals surface area (Å²) < 4.78 is 38.8. The second kappa shape index (κ2) is 4.82. The minimum Gasteiger partial charge on any atom is -0.236 e. The minimum absolute atomic E-state index is 0.0638. The van der Waals surface area contributed by atoms with Crippen LogP contribution in [0.1, 0.15) is 11.4 Å². The van der Waals surface area contributed by atoms with Crippen molar-refractivity contribution in [3.8, 4) is 5.69 Å². The third-order valence-corrected chi connectivity index (χ3v) is 2.81. The Labute approximate surface area is 111 Å². The van der Waals surface area contributed by atoms with Crippen LogP contribution in [0.15, 0.2) is 30.3 Å². The second-order valence-electron chi connectivity index (χ2n) is 3.54. The highest BCUT2D eigenvalue weighted by atomic mass is 35.5. The van der Waals surface area contributed by atoms with E-state index in [1.165, 1.54) is 0 Å². The van der Waals surface area contributed by atoms with E-state index in [2.05, 4.69) is 5.10 Å². The van der Waals surface area contributed by atoms with Crippen LogP contribution in [0.25, 0.3) is 5.69 Å². The number of halogens is 5. The summed E-state index contributed by atoms with van der Waals surface area (Å²) in [6.45, 7) is 0. The van der Waals surface area contributed by atoms with Crippen molar-refractivity contribution in [2.75, 3.05) is 0 Å². The quantitative estimate of drug-likeness (QED) is 0.756. The molecular formula is C11H7Cl2F3N2. The molecule has 0 spiro atoms. The normalized spacial score (nSPS) is 11.8. The van der Waals surface area contributed by atoms with Crippen molar-refractivity contribution < 1.29 is 13.2 Å². The van der Waals surface area contributed by atoms with Gasteiger partial charge in [0.25, 0.3) is 0 Å². The Kier molecular flexibility index (Phi) is 3.54. The van der Waals surface area contributed by atoms with E-state index < -0.39 is 11.9 Å². The van der Waals surface area contributed by atoms with Crippen LogP contribution in [0.2, 0.25) is 5.02 Å². The first-order chi connectivity index (χ1) is 8.41. The van der Waals surface area contributed by atoms with Crippen LogP contribution >= 0.6 is 23.2 Å². The summed E-state index contributed by atoms with van der Waals surface area (Å²) in [6.07, 6.45) is -4.49. The van der Waals surface area contributed by atoms with E-state index in [4.69, 9.17) is 23.2 Å². The van der Waals surface area contributed by atoms with Crippen molar-refractivity contribution in [3.05, 3.63) is 46.7 Å². The van der Waals surface area contributed by atoms with Gasteiger partial charge in [-0.3, -0.25) is 0 Å². The van der Waals surface area contributed by atoms with Crippen molar-refractivity contribution >= 4 is 23.2 Å². The summed E-state index contributed by atoms with van der Waals surface area (Å²) in [7, 11) is 0. The first-order valence-electron chi connectivity index (χ1n) is 4.90. The third-order valence-electron chi connectivity index (χ3n) is 2.28. The molecule has 2 nitrogen and oxygen atoms in total. The molecule has 0 bridgehead atoms. The van der Waals surface area contributed by atoms with Crippen molar-refractivity contribution in [1.29, 1.82) is 0 Å². The fourth-order valence-electron chi connectivity index (χ4n) is 1.46. The predicted molar refractivity (Wildman–Crippen MR) is 63.1 cm³/mol. The monoisotopic (exact) mass is 294 g/mol. The smallest absolute Gasteiger partial charge is 0.236 e. The molecule has 1 heterocycles. The molecule has 0 amide bonds. The van der Waals surface area contributed by atoms with Gasteiger partial charge in [0, 0.05) is 5.02 Å². The second-order valence-corrected chi connectivity index (χ2v) is 4.24. The lowest BCUT2D eigenvalue weighted by atomic mass is 10.3. The van der Waals surface area contributed by atoms with Crippen molar-refractivity contribution in [3.63, 3.8) is 0 Å². The average Bonchev–Trinajstić information content (AvgIpc) is 2.73. The highest BCUT2D eigenvalue weighted by molar-refractivity contribution is 6.30. The van der Waals surface area contributed by atoms with Crippen molar-refractivity contribution in [1.82, 2.24) is 9.78 Å². The Morgan fingerprint density at radius 3 is 2.28 bits per heavy atom. The molecule has 18 heavy (non-hydrogen) atoms. The van der Waals surface area contributed by atoms with E-state index >= 15 is 0 Å². The van der Waals surface area contributed by atoms with Crippen molar-refractivity contribution in [2.45, 2.75) is 12.1 Å². The molecule has 7 heteroatoms. The number of rotatable bonds is 2. The Morgan fingerprint density at radius 2 is 1.78 bits per heavy atom. The molecule has 2 rings (SSSR count). The zero-order valence-electron chi connectivity index (χ0n) is 8.88. The van der Waals surface area contributed by atoms with Crippen LogP contribution in [-0.4, -0.2) is 9.78 Å². The number of aromatic nitrogens is 2. The van der Waals surface area contributed by atoms with Gasteiger partial charge in [-0.15, -0.1) is 11.6 Å². The van der Waals surface area contributed by atoms with Gasteiger partial charge in [0.1, 0.15) is 0 Å². The fourth-order valence-corrected chi connectivity index (χ4v) is 1.78. The maximum Gasteiger partial charge on any atom is 0.435 e. The molecule has 0 fully saturated rings.